The van der Waals surface area contributed by atoms with Crippen LogP contribution in [-0.4, -0.2) is 37.4 Å². The zero-order valence-corrected chi connectivity index (χ0v) is 15.5. The summed E-state index contributed by atoms with van der Waals surface area (Å²) in [6.07, 6.45) is 4.84. The van der Waals surface area contributed by atoms with Gasteiger partial charge in [0.25, 0.3) is 5.91 Å². The number of benzene rings is 1. The zero-order valence-electron chi connectivity index (χ0n) is 14.6. The van der Waals surface area contributed by atoms with Gasteiger partial charge in [0.05, 0.1) is 11.9 Å². The van der Waals surface area contributed by atoms with Crippen LogP contribution < -0.4 is 4.72 Å². The quantitative estimate of drug-likeness (QED) is 0.805. The summed E-state index contributed by atoms with van der Waals surface area (Å²) in [5, 5.41) is 0. The Labute approximate surface area is 154 Å². The van der Waals surface area contributed by atoms with E-state index in [2.05, 4.69) is 4.72 Å². The molecule has 26 heavy (non-hydrogen) atoms. The number of aromatic nitrogens is 1. The Morgan fingerprint density at radius 2 is 1.96 bits per heavy atom. The van der Waals surface area contributed by atoms with Gasteiger partial charge in [0.2, 0.25) is 10.0 Å². The lowest BCUT2D eigenvalue weighted by atomic mass is 10.1. The predicted molar refractivity (Wildman–Crippen MR) is 99.4 cm³/mol. The molecule has 1 aliphatic heterocycles. The Balaban J connectivity index is 1.60. The summed E-state index contributed by atoms with van der Waals surface area (Å²) in [6.45, 7) is 1.18. The molecule has 2 heterocycles. The first-order valence-electron chi connectivity index (χ1n) is 8.89. The number of amides is 1. The molecule has 1 aromatic heterocycles. The van der Waals surface area contributed by atoms with Crippen LogP contribution in [0.5, 0.6) is 0 Å². The average molecular weight is 376 g/mol. The molecular formula is C19H24N2O4S. The minimum atomic E-state index is -3.73. The van der Waals surface area contributed by atoms with E-state index in [0.29, 0.717) is 25.3 Å². The van der Waals surface area contributed by atoms with Crippen LogP contribution in [0.3, 0.4) is 0 Å². The third-order valence-electron chi connectivity index (χ3n) is 4.47. The summed E-state index contributed by atoms with van der Waals surface area (Å²) >= 11 is 0. The Morgan fingerprint density at radius 3 is 2.69 bits per heavy atom. The fourth-order valence-corrected chi connectivity index (χ4v) is 4.35. The third-order valence-corrected chi connectivity index (χ3v) is 5.78. The smallest absolute Gasteiger partial charge is 0.281 e. The monoisotopic (exact) mass is 376 g/mol. The van der Waals surface area contributed by atoms with Gasteiger partial charge in [-0.15, -0.1) is 0 Å². The van der Waals surface area contributed by atoms with E-state index in [9.17, 15) is 13.2 Å². The first-order chi connectivity index (χ1) is 12.5. The molecule has 0 spiro atoms. The molecule has 1 aliphatic rings. The van der Waals surface area contributed by atoms with Gasteiger partial charge in [0.1, 0.15) is 5.69 Å². The van der Waals surface area contributed by atoms with Crippen LogP contribution in [0.15, 0.2) is 48.7 Å². The molecule has 1 fully saturated rings. The number of carbonyl (C=O) groups excluding carboxylic acids is 1. The summed E-state index contributed by atoms with van der Waals surface area (Å²) < 4.78 is 34.0. The number of carbonyl (C=O) groups is 1. The molecular weight excluding hydrogens is 352 g/mol. The first kappa shape index (κ1) is 18.7. The van der Waals surface area contributed by atoms with E-state index in [-0.39, 0.29) is 11.9 Å². The highest BCUT2D eigenvalue weighted by molar-refractivity contribution is 7.90. The van der Waals surface area contributed by atoms with Crippen LogP contribution in [0.2, 0.25) is 0 Å². The number of hydrogen-bond donors (Lipinski definition) is 1. The Bertz CT molecular complexity index is 824. The highest BCUT2D eigenvalue weighted by Crippen LogP contribution is 2.14. The second-order valence-corrected chi connectivity index (χ2v) is 8.29. The van der Waals surface area contributed by atoms with Gasteiger partial charge in [0.15, 0.2) is 0 Å². The second kappa shape index (κ2) is 8.51. The normalized spacial score (nSPS) is 17.8. The second-order valence-electron chi connectivity index (χ2n) is 6.52. The van der Waals surface area contributed by atoms with Gasteiger partial charge in [-0.3, -0.25) is 4.79 Å². The topological polar surface area (TPSA) is 77.4 Å². The molecule has 3 rings (SSSR count). The Hall–Kier alpha value is -2.12. The highest BCUT2D eigenvalue weighted by atomic mass is 32.2. The van der Waals surface area contributed by atoms with Gasteiger partial charge in [-0.1, -0.05) is 30.3 Å². The van der Waals surface area contributed by atoms with Crippen molar-refractivity contribution >= 4 is 15.9 Å². The molecule has 1 amide bonds. The van der Waals surface area contributed by atoms with Crippen LogP contribution in [0, 0.1) is 0 Å². The minimum Gasteiger partial charge on any atom is -0.377 e. The summed E-state index contributed by atoms with van der Waals surface area (Å²) in [6, 6.07) is 13.3. The SMILES string of the molecule is O=C(NS(=O)(=O)CC1CCCCO1)c1cccn1CCc1ccccc1. The average Bonchev–Trinajstić information content (AvgIpc) is 3.10. The van der Waals surface area contributed by atoms with Gasteiger partial charge >= 0.3 is 0 Å². The number of ether oxygens (including phenoxy) is 1. The van der Waals surface area contributed by atoms with E-state index in [1.807, 2.05) is 30.3 Å². The van der Waals surface area contributed by atoms with E-state index in [1.54, 1.807) is 22.9 Å². The third kappa shape index (κ3) is 5.19. The van der Waals surface area contributed by atoms with Crippen molar-refractivity contribution < 1.29 is 17.9 Å². The molecule has 7 heteroatoms. The largest absolute Gasteiger partial charge is 0.377 e. The number of rotatable bonds is 7. The molecule has 1 unspecified atom stereocenters. The van der Waals surface area contributed by atoms with Crippen molar-refractivity contribution in [3.8, 4) is 0 Å². The van der Waals surface area contributed by atoms with Gasteiger partial charge in [0, 0.05) is 19.3 Å². The van der Waals surface area contributed by atoms with E-state index >= 15 is 0 Å². The molecule has 2 aromatic rings. The molecule has 6 nitrogen and oxygen atoms in total. The molecule has 0 radical (unpaired) electrons. The number of sulfonamides is 1. The summed E-state index contributed by atoms with van der Waals surface area (Å²) in [4.78, 5) is 12.4. The maximum Gasteiger partial charge on any atom is 0.281 e. The van der Waals surface area contributed by atoms with E-state index in [0.717, 1.165) is 24.8 Å². The molecule has 0 saturated carbocycles. The van der Waals surface area contributed by atoms with Crippen molar-refractivity contribution in [3.05, 3.63) is 59.9 Å². The standard InChI is InChI=1S/C19H24N2O4S/c22-19(20-26(23,24)15-17-9-4-5-14-25-17)18-10-6-12-21(18)13-11-16-7-2-1-3-8-16/h1-3,6-8,10,12,17H,4-5,9,11,13-15H2,(H,20,22). The van der Waals surface area contributed by atoms with Crippen molar-refractivity contribution in [2.24, 2.45) is 0 Å². The van der Waals surface area contributed by atoms with Crippen molar-refractivity contribution in [2.75, 3.05) is 12.4 Å². The number of nitrogens with zero attached hydrogens (tertiary/aromatic N) is 1. The Morgan fingerprint density at radius 1 is 1.15 bits per heavy atom. The number of hydrogen-bond acceptors (Lipinski definition) is 4. The Kier molecular flexibility index (Phi) is 6.11. The summed E-state index contributed by atoms with van der Waals surface area (Å²) in [7, 11) is -3.73. The van der Waals surface area contributed by atoms with E-state index in [1.165, 1.54) is 0 Å². The summed E-state index contributed by atoms with van der Waals surface area (Å²) in [5.74, 6) is -0.775. The minimum absolute atomic E-state index is 0.177. The molecule has 1 atom stereocenters. The fraction of sp³-hybridized carbons (Fsp3) is 0.421. The summed E-state index contributed by atoms with van der Waals surface area (Å²) in [5.41, 5.74) is 1.50. The van der Waals surface area contributed by atoms with Gasteiger partial charge in [-0.2, -0.15) is 0 Å². The van der Waals surface area contributed by atoms with Crippen molar-refractivity contribution in [1.82, 2.24) is 9.29 Å². The molecule has 140 valence electrons. The molecule has 1 saturated heterocycles. The zero-order chi connectivity index (χ0) is 18.4. The van der Waals surface area contributed by atoms with E-state index < -0.39 is 15.9 Å². The maximum atomic E-state index is 12.4. The lowest BCUT2D eigenvalue weighted by molar-refractivity contribution is 0.0304. The first-order valence-corrected chi connectivity index (χ1v) is 10.5. The molecule has 0 bridgehead atoms. The molecule has 1 aromatic carbocycles. The lowest BCUT2D eigenvalue weighted by Crippen LogP contribution is -2.38. The number of aryl methyl sites for hydroxylation is 2. The van der Waals surface area contributed by atoms with Crippen LogP contribution >= 0.6 is 0 Å². The lowest BCUT2D eigenvalue weighted by Gasteiger charge is -2.22. The van der Waals surface area contributed by atoms with E-state index in [4.69, 9.17) is 4.74 Å². The van der Waals surface area contributed by atoms with Gasteiger partial charge in [-0.25, -0.2) is 13.1 Å². The molecule has 0 aliphatic carbocycles. The van der Waals surface area contributed by atoms with Crippen LogP contribution in [0.4, 0.5) is 0 Å². The predicted octanol–water partition coefficient (Wildman–Crippen LogP) is 2.36. The highest BCUT2D eigenvalue weighted by Gasteiger charge is 2.25. The molecule has 1 N–H and O–H groups in total. The van der Waals surface area contributed by atoms with Crippen LogP contribution in [0.25, 0.3) is 0 Å². The fourth-order valence-electron chi connectivity index (χ4n) is 3.13. The van der Waals surface area contributed by atoms with Gasteiger partial charge < -0.3 is 9.30 Å². The van der Waals surface area contributed by atoms with Gasteiger partial charge in [-0.05, 0) is 43.4 Å². The number of nitrogens with one attached hydrogen (secondary N) is 1. The van der Waals surface area contributed by atoms with Crippen LogP contribution in [-0.2, 0) is 27.7 Å². The van der Waals surface area contributed by atoms with Crippen molar-refractivity contribution in [3.63, 3.8) is 0 Å². The van der Waals surface area contributed by atoms with Crippen molar-refractivity contribution in [2.45, 2.75) is 38.3 Å². The van der Waals surface area contributed by atoms with Crippen LogP contribution in [0.1, 0.15) is 35.3 Å². The maximum absolute atomic E-state index is 12.4. The van der Waals surface area contributed by atoms with Crippen molar-refractivity contribution in [1.29, 1.82) is 0 Å².